The van der Waals surface area contributed by atoms with Crippen molar-refractivity contribution in [3.05, 3.63) is 92.5 Å². The molecule has 0 fully saturated rings. The van der Waals surface area contributed by atoms with Crippen LogP contribution in [0.3, 0.4) is 0 Å². The van der Waals surface area contributed by atoms with E-state index in [1.165, 1.54) is 4.68 Å². The largest absolute Gasteiger partial charge is 0.328 e. The van der Waals surface area contributed by atoms with Gasteiger partial charge in [0.1, 0.15) is 5.69 Å². The summed E-state index contributed by atoms with van der Waals surface area (Å²) in [6.07, 6.45) is 0.703. The molecule has 3 amide bonds. The van der Waals surface area contributed by atoms with E-state index < -0.39 is 17.7 Å². The normalized spacial score (nSPS) is 10.7. The number of fused-ring (bicyclic) bond motifs is 1. The summed E-state index contributed by atoms with van der Waals surface area (Å²) in [6.45, 7) is 3.89. The van der Waals surface area contributed by atoms with Gasteiger partial charge in [-0.15, -0.1) is 0 Å². The zero-order valence-electron chi connectivity index (χ0n) is 19.0. The van der Waals surface area contributed by atoms with Crippen molar-refractivity contribution < 1.29 is 14.4 Å². The van der Waals surface area contributed by atoms with Gasteiger partial charge in [-0.05, 0) is 73.0 Å². The third kappa shape index (κ3) is 5.47. The lowest BCUT2D eigenvalue weighted by molar-refractivity contribution is -0.133. The highest BCUT2D eigenvalue weighted by molar-refractivity contribution is 9.10. The van der Waals surface area contributed by atoms with E-state index in [1.54, 1.807) is 36.4 Å². The molecule has 0 unspecified atom stereocenters. The molecule has 0 spiro atoms. The molecule has 35 heavy (non-hydrogen) atoms. The fourth-order valence-corrected chi connectivity index (χ4v) is 4.30. The number of hydrogen-bond acceptors (Lipinski definition) is 3. The molecule has 4 rings (SSSR count). The van der Waals surface area contributed by atoms with Crippen molar-refractivity contribution in [3.8, 4) is 0 Å². The number of aromatic nitrogens is 1. The minimum absolute atomic E-state index is 0.175. The van der Waals surface area contributed by atoms with Gasteiger partial charge in [0.15, 0.2) is 0 Å². The summed E-state index contributed by atoms with van der Waals surface area (Å²) in [6, 6.07) is 19.8. The maximum Gasteiger partial charge on any atom is 0.328 e. The van der Waals surface area contributed by atoms with Crippen molar-refractivity contribution in [2.75, 3.05) is 16.1 Å². The van der Waals surface area contributed by atoms with Crippen molar-refractivity contribution in [3.63, 3.8) is 0 Å². The second kappa shape index (κ2) is 10.5. The minimum atomic E-state index is -0.898. The summed E-state index contributed by atoms with van der Waals surface area (Å²) in [5, 5.41) is 6.23. The molecule has 0 aliphatic rings. The van der Waals surface area contributed by atoms with E-state index in [2.05, 4.69) is 47.9 Å². The van der Waals surface area contributed by atoms with Gasteiger partial charge in [-0.3, -0.25) is 19.8 Å². The van der Waals surface area contributed by atoms with Gasteiger partial charge >= 0.3 is 11.8 Å². The number of aryl methyl sites for hydroxylation is 2. The van der Waals surface area contributed by atoms with Gasteiger partial charge < -0.3 is 10.6 Å². The second-order valence-electron chi connectivity index (χ2n) is 7.89. The first-order chi connectivity index (χ1) is 16.8. The Labute approximate surface area is 219 Å². The third-order valence-corrected chi connectivity index (χ3v) is 6.86. The van der Waals surface area contributed by atoms with Crippen LogP contribution in [0.4, 0.5) is 11.4 Å². The average Bonchev–Trinajstić information content (AvgIpc) is 3.19. The molecule has 0 bridgehead atoms. The first-order valence-electron chi connectivity index (χ1n) is 10.9. The third-order valence-electron chi connectivity index (χ3n) is 5.48. The lowest BCUT2D eigenvalue weighted by atomic mass is 10.1. The molecule has 0 saturated carbocycles. The average molecular weight is 598 g/mol. The highest BCUT2D eigenvalue weighted by Crippen LogP contribution is 2.25. The highest BCUT2D eigenvalue weighted by atomic mass is 79.9. The molecule has 178 valence electrons. The summed E-state index contributed by atoms with van der Waals surface area (Å²) in [5.74, 6) is -2.17. The van der Waals surface area contributed by atoms with Gasteiger partial charge in [0.25, 0.3) is 5.91 Å². The van der Waals surface area contributed by atoms with Crippen LogP contribution < -0.4 is 16.1 Å². The van der Waals surface area contributed by atoms with E-state index in [4.69, 9.17) is 0 Å². The number of para-hydroxylation sites is 1. The van der Waals surface area contributed by atoms with E-state index in [1.807, 2.05) is 44.2 Å². The molecule has 9 heteroatoms. The number of halogens is 2. The van der Waals surface area contributed by atoms with E-state index >= 15 is 0 Å². The molecule has 0 atom stereocenters. The van der Waals surface area contributed by atoms with Crippen molar-refractivity contribution >= 4 is 71.9 Å². The zero-order chi connectivity index (χ0) is 25.1. The zero-order valence-corrected chi connectivity index (χ0v) is 22.2. The number of anilines is 2. The fraction of sp³-hybridized carbons (Fsp3) is 0.115. The predicted molar refractivity (Wildman–Crippen MR) is 145 cm³/mol. The van der Waals surface area contributed by atoms with Crippen LogP contribution in [0, 0.1) is 6.92 Å². The smallest absolute Gasteiger partial charge is 0.321 e. The van der Waals surface area contributed by atoms with Crippen molar-refractivity contribution in [2.45, 2.75) is 20.3 Å². The summed E-state index contributed by atoms with van der Waals surface area (Å²) < 4.78 is 3.08. The van der Waals surface area contributed by atoms with Crippen LogP contribution in [0.5, 0.6) is 0 Å². The molecule has 1 aromatic heterocycles. The predicted octanol–water partition coefficient (Wildman–Crippen LogP) is 6.00. The van der Waals surface area contributed by atoms with Crippen molar-refractivity contribution in [2.24, 2.45) is 0 Å². The Hall–Kier alpha value is -3.43. The molecule has 7 nitrogen and oxygen atoms in total. The number of rotatable bonds is 5. The molecular formula is C26H22Br2N4O3. The van der Waals surface area contributed by atoms with Crippen LogP contribution >= 0.6 is 31.9 Å². The maximum absolute atomic E-state index is 13.2. The molecule has 0 aliphatic heterocycles. The number of amides is 3. The van der Waals surface area contributed by atoms with E-state index in [0.717, 1.165) is 20.1 Å². The minimum Gasteiger partial charge on any atom is -0.321 e. The van der Waals surface area contributed by atoms with E-state index in [-0.39, 0.29) is 5.69 Å². The number of carbonyl (C=O) groups excluding carboxylic acids is 3. The topological polar surface area (TPSA) is 92.2 Å². The van der Waals surface area contributed by atoms with Crippen LogP contribution in [0.1, 0.15) is 28.5 Å². The Balaban J connectivity index is 1.63. The summed E-state index contributed by atoms with van der Waals surface area (Å²) in [5.41, 5.74) is 6.37. The van der Waals surface area contributed by atoms with Crippen LogP contribution in [0.2, 0.25) is 0 Å². The molecule has 3 N–H and O–H groups in total. The van der Waals surface area contributed by atoms with Gasteiger partial charge in [0, 0.05) is 25.7 Å². The second-order valence-corrected chi connectivity index (χ2v) is 9.66. The molecule has 4 aromatic rings. The summed E-state index contributed by atoms with van der Waals surface area (Å²) in [7, 11) is 0. The lowest BCUT2D eigenvalue weighted by Crippen LogP contribution is -2.36. The standard InChI is InChI=1S/C26H22Br2N4O3/c1-3-16-6-4-5-7-21(16)30-25(34)26(35)31-32-22-11-8-18(27)13-17(22)14-23(32)24(33)29-19-9-10-20(28)15(2)12-19/h4-14H,3H2,1-2H3,(H,29,33)(H,30,34)(H,31,35). The number of nitrogens with zero attached hydrogens (tertiary/aromatic N) is 1. The van der Waals surface area contributed by atoms with E-state index in [0.29, 0.717) is 28.7 Å². The van der Waals surface area contributed by atoms with Crippen molar-refractivity contribution in [1.29, 1.82) is 0 Å². The van der Waals surface area contributed by atoms with Gasteiger partial charge in [-0.1, -0.05) is 57.0 Å². The summed E-state index contributed by atoms with van der Waals surface area (Å²) in [4.78, 5) is 38.7. The number of nitrogens with one attached hydrogen (secondary N) is 3. The quantitative estimate of drug-likeness (QED) is 0.246. The Morgan fingerprint density at radius 3 is 2.40 bits per heavy atom. The molecule has 0 aliphatic carbocycles. The van der Waals surface area contributed by atoms with Crippen LogP contribution in [-0.2, 0) is 16.0 Å². The Kier molecular flexibility index (Phi) is 7.37. The van der Waals surface area contributed by atoms with Crippen LogP contribution in [0.15, 0.2) is 75.7 Å². The maximum atomic E-state index is 13.2. The lowest BCUT2D eigenvalue weighted by Gasteiger charge is -2.14. The number of benzene rings is 3. The fourth-order valence-electron chi connectivity index (χ4n) is 3.67. The van der Waals surface area contributed by atoms with Gasteiger partial charge in [0.2, 0.25) is 0 Å². The first kappa shape index (κ1) is 24.7. The van der Waals surface area contributed by atoms with Crippen LogP contribution in [0.25, 0.3) is 10.9 Å². The Morgan fingerprint density at radius 2 is 1.66 bits per heavy atom. The molecule has 0 saturated heterocycles. The van der Waals surface area contributed by atoms with Gasteiger partial charge in [-0.25, -0.2) is 4.68 Å². The van der Waals surface area contributed by atoms with Crippen LogP contribution in [-0.4, -0.2) is 22.4 Å². The number of carbonyl (C=O) groups is 3. The van der Waals surface area contributed by atoms with Crippen molar-refractivity contribution in [1.82, 2.24) is 4.68 Å². The molecule has 1 heterocycles. The first-order valence-corrected chi connectivity index (χ1v) is 12.4. The number of hydrogen-bond donors (Lipinski definition) is 3. The SMILES string of the molecule is CCc1ccccc1NC(=O)C(=O)Nn1c(C(=O)Nc2ccc(Br)c(C)c2)cc2cc(Br)ccc21. The summed E-state index contributed by atoms with van der Waals surface area (Å²) >= 11 is 6.88. The highest BCUT2D eigenvalue weighted by Gasteiger charge is 2.22. The van der Waals surface area contributed by atoms with Gasteiger partial charge in [0.05, 0.1) is 5.52 Å². The Morgan fingerprint density at radius 1 is 0.886 bits per heavy atom. The molecule has 3 aromatic carbocycles. The van der Waals surface area contributed by atoms with Gasteiger partial charge in [-0.2, -0.15) is 0 Å². The molecule has 0 radical (unpaired) electrons. The monoisotopic (exact) mass is 596 g/mol. The molecular weight excluding hydrogens is 576 g/mol. The Bertz CT molecular complexity index is 1460. The van der Waals surface area contributed by atoms with E-state index in [9.17, 15) is 14.4 Å².